The lowest BCUT2D eigenvalue weighted by atomic mass is 10.2. The molecule has 0 aliphatic rings. The molecule has 4 heteroatoms. The number of hydrogen-bond acceptors (Lipinski definition) is 4. The van der Waals surface area contributed by atoms with Crippen molar-refractivity contribution in [2.45, 2.75) is 13.0 Å². The highest BCUT2D eigenvalue weighted by Gasteiger charge is 1.87. The van der Waals surface area contributed by atoms with Gasteiger partial charge in [0.05, 0.1) is 11.7 Å². The molecule has 0 fully saturated rings. The Bertz CT molecular complexity index is 479. The number of isocyanates is 2. The van der Waals surface area contributed by atoms with Crippen LogP contribution in [-0.2, 0) is 9.59 Å². The van der Waals surface area contributed by atoms with Gasteiger partial charge in [0.15, 0.2) is 0 Å². The molecule has 1 atom stereocenters. The minimum atomic E-state index is -0.0856. The van der Waals surface area contributed by atoms with E-state index in [1.165, 1.54) is 12.2 Å². The number of hydrogen-bond donors (Lipinski definition) is 0. The Kier molecular flexibility index (Phi) is 8.30. The standard InChI is InChI=1S/C9H7NO.C5H7NO/c1-2-8-3-5-9(6-4-8)10-7-11;1-3-5(2)6-4-7/h2-6H,1H2;3,5H,1H2,2H3. The predicted octanol–water partition coefficient (Wildman–Crippen LogP) is 3.19. The van der Waals surface area contributed by atoms with Gasteiger partial charge in [-0.3, -0.25) is 0 Å². The van der Waals surface area contributed by atoms with Crippen LogP contribution in [0.5, 0.6) is 0 Å². The molecule has 0 saturated carbocycles. The molecule has 92 valence electrons. The van der Waals surface area contributed by atoms with Gasteiger partial charge in [0.2, 0.25) is 12.2 Å². The van der Waals surface area contributed by atoms with Crippen molar-refractivity contribution in [2.24, 2.45) is 9.98 Å². The third-order valence-corrected chi connectivity index (χ3v) is 1.90. The zero-order chi connectivity index (χ0) is 13.8. The van der Waals surface area contributed by atoms with Gasteiger partial charge in [-0.15, -0.1) is 6.58 Å². The molecule has 0 amide bonds. The maximum atomic E-state index is 9.82. The molecule has 0 aliphatic heterocycles. The Morgan fingerprint density at radius 2 is 1.78 bits per heavy atom. The van der Waals surface area contributed by atoms with E-state index in [2.05, 4.69) is 23.1 Å². The quantitative estimate of drug-likeness (QED) is 0.462. The van der Waals surface area contributed by atoms with Gasteiger partial charge in [0.25, 0.3) is 0 Å². The van der Waals surface area contributed by atoms with Gasteiger partial charge in [-0.25, -0.2) is 9.59 Å². The van der Waals surface area contributed by atoms with E-state index in [0.717, 1.165) is 5.56 Å². The fourth-order valence-electron chi connectivity index (χ4n) is 0.873. The second-order valence-corrected chi connectivity index (χ2v) is 3.20. The third kappa shape index (κ3) is 6.85. The third-order valence-electron chi connectivity index (χ3n) is 1.90. The van der Waals surface area contributed by atoms with Crippen LogP contribution in [0.3, 0.4) is 0 Å². The summed E-state index contributed by atoms with van der Waals surface area (Å²) in [4.78, 5) is 26.0. The topological polar surface area (TPSA) is 58.9 Å². The van der Waals surface area contributed by atoms with E-state index < -0.39 is 0 Å². The van der Waals surface area contributed by atoms with Crippen molar-refractivity contribution in [1.29, 1.82) is 0 Å². The molecule has 1 aromatic carbocycles. The summed E-state index contributed by atoms with van der Waals surface area (Å²) < 4.78 is 0. The Balaban J connectivity index is 0.000000360. The lowest BCUT2D eigenvalue weighted by Gasteiger charge is -1.91. The molecule has 1 rings (SSSR count). The second kappa shape index (κ2) is 9.67. The fourth-order valence-corrected chi connectivity index (χ4v) is 0.873. The SMILES string of the molecule is C=CC(C)N=C=O.C=Cc1ccc(N=C=O)cc1. The molecular formula is C14H14N2O2. The van der Waals surface area contributed by atoms with E-state index in [9.17, 15) is 9.59 Å². The highest BCUT2D eigenvalue weighted by molar-refractivity contribution is 5.54. The molecule has 0 aromatic heterocycles. The largest absolute Gasteiger partial charge is 0.240 e. The monoisotopic (exact) mass is 242 g/mol. The molecule has 0 saturated heterocycles. The highest BCUT2D eigenvalue weighted by atomic mass is 16.1. The van der Waals surface area contributed by atoms with Gasteiger partial charge in [0.1, 0.15) is 0 Å². The Labute approximate surface area is 106 Å². The minimum absolute atomic E-state index is 0.0856. The van der Waals surface area contributed by atoms with Gasteiger partial charge in [-0.05, 0) is 24.6 Å². The molecule has 0 bridgehead atoms. The zero-order valence-electron chi connectivity index (χ0n) is 10.2. The molecular weight excluding hydrogens is 228 g/mol. The predicted molar refractivity (Wildman–Crippen MR) is 72.1 cm³/mol. The Morgan fingerprint density at radius 3 is 2.11 bits per heavy atom. The van der Waals surface area contributed by atoms with Crippen LogP contribution in [0, 0.1) is 0 Å². The van der Waals surface area contributed by atoms with Crippen molar-refractivity contribution in [2.75, 3.05) is 0 Å². The van der Waals surface area contributed by atoms with Gasteiger partial charge >= 0.3 is 0 Å². The lowest BCUT2D eigenvalue weighted by Crippen LogP contribution is -1.87. The zero-order valence-corrected chi connectivity index (χ0v) is 10.2. The van der Waals surface area contributed by atoms with Crippen LogP contribution in [0.2, 0.25) is 0 Å². The molecule has 0 radical (unpaired) electrons. The number of aliphatic imine (C=N–C) groups is 2. The summed E-state index contributed by atoms with van der Waals surface area (Å²) in [6, 6.07) is 7.06. The number of benzene rings is 1. The van der Waals surface area contributed by atoms with Crippen LogP contribution in [0.25, 0.3) is 6.08 Å². The Morgan fingerprint density at radius 1 is 1.17 bits per heavy atom. The summed E-state index contributed by atoms with van der Waals surface area (Å²) in [5.41, 5.74) is 1.63. The lowest BCUT2D eigenvalue weighted by molar-refractivity contribution is 0.561. The fraction of sp³-hybridized carbons (Fsp3) is 0.143. The van der Waals surface area contributed by atoms with E-state index in [4.69, 9.17) is 0 Å². The molecule has 0 spiro atoms. The summed E-state index contributed by atoms with van der Waals surface area (Å²) in [6.45, 7) is 8.77. The molecule has 4 nitrogen and oxygen atoms in total. The first-order valence-electron chi connectivity index (χ1n) is 5.17. The highest BCUT2D eigenvalue weighted by Crippen LogP contribution is 2.12. The van der Waals surface area contributed by atoms with Gasteiger partial charge < -0.3 is 0 Å². The van der Waals surface area contributed by atoms with Crippen LogP contribution < -0.4 is 0 Å². The smallest absolute Gasteiger partial charge is 0.211 e. The number of nitrogens with zero attached hydrogens (tertiary/aromatic N) is 2. The first-order chi connectivity index (χ1) is 8.67. The molecule has 1 unspecified atom stereocenters. The van der Waals surface area contributed by atoms with Crippen molar-refractivity contribution in [3.8, 4) is 0 Å². The summed E-state index contributed by atoms with van der Waals surface area (Å²) in [7, 11) is 0. The van der Waals surface area contributed by atoms with E-state index >= 15 is 0 Å². The van der Waals surface area contributed by atoms with E-state index in [-0.39, 0.29) is 6.04 Å². The van der Waals surface area contributed by atoms with Crippen molar-refractivity contribution < 1.29 is 9.59 Å². The maximum absolute atomic E-state index is 9.82. The van der Waals surface area contributed by atoms with Crippen LogP contribution in [0.4, 0.5) is 5.69 Å². The Hall–Kier alpha value is -2.54. The summed E-state index contributed by atoms with van der Waals surface area (Å²) in [5, 5.41) is 0. The minimum Gasteiger partial charge on any atom is -0.211 e. The number of rotatable bonds is 4. The first kappa shape index (κ1) is 15.5. The molecule has 18 heavy (non-hydrogen) atoms. The molecule has 0 aliphatic carbocycles. The van der Waals surface area contributed by atoms with Crippen molar-refractivity contribution >= 4 is 23.9 Å². The van der Waals surface area contributed by atoms with Crippen molar-refractivity contribution in [1.82, 2.24) is 0 Å². The maximum Gasteiger partial charge on any atom is 0.240 e. The first-order valence-corrected chi connectivity index (χ1v) is 5.17. The van der Waals surface area contributed by atoms with Gasteiger partial charge in [0, 0.05) is 0 Å². The van der Waals surface area contributed by atoms with Crippen LogP contribution >= 0.6 is 0 Å². The average Bonchev–Trinajstić information content (AvgIpc) is 2.41. The van der Waals surface area contributed by atoms with E-state index in [0.29, 0.717) is 5.69 Å². The van der Waals surface area contributed by atoms with E-state index in [1.54, 1.807) is 31.2 Å². The summed E-state index contributed by atoms with van der Waals surface area (Å²) in [6.07, 6.45) is 6.20. The van der Waals surface area contributed by atoms with Crippen LogP contribution in [0.1, 0.15) is 12.5 Å². The van der Waals surface area contributed by atoms with Gasteiger partial charge in [-0.1, -0.05) is 30.9 Å². The van der Waals surface area contributed by atoms with Crippen molar-refractivity contribution in [3.63, 3.8) is 0 Å². The second-order valence-electron chi connectivity index (χ2n) is 3.20. The van der Waals surface area contributed by atoms with E-state index in [1.807, 2.05) is 12.1 Å². The van der Waals surface area contributed by atoms with Crippen LogP contribution in [0.15, 0.2) is 53.5 Å². The van der Waals surface area contributed by atoms with Gasteiger partial charge in [-0.2, -0.15) is 9.98 Å². The summed E-state index contributed by atoms with van der Waals surface area (Å²) in [5.74, 6) is 0. The normalized spacial score (nSPS) is 9.61. The van der Waals surface area contributed by atoms with Crippen molar-refractivity contribution in [3.05, 3.63) is 49.1 Å². The number of carbonyl (C=O) groups excluding carboxylic acids is 2. The molecule has 1 aromatic rings. The molecule has 0 N–H and O–H groups in total. The summed E-state index contributed by atoms with van der Waals surface area (Å²) >= 11 is 0. The molecule has 0 heterocycles. The van der Waals surface area contributed by atoms with Crippen LogP contribution in [-0.4, -0.2) is 18.2 Å². The average molecular weight is 242 g/mol.